The number of carbonyl (C=O) groups is 1. The molecule has 0 aliphatic carbocycles. The minimum Gasteiger partial charge on any atom is -0.463 e. The van der Waals surface area contributed by atoms with E-state index in [0.717, 1.165) is 22.8 Å². The van der Waals surface area contributed by atoms with Crippen molar-refractivity contribution in [2.75, 3.05) is 43.1 Å². The number of rotatable bonds is 7. The summed E-state index contributed by atoms with van der Waals surface area (Å²) in [6, 6.07) is 10.8. The molecule has 7 nitrogen and oxygen atoms in total. The molecule has 0 radical (unpaired) electrons. The van der Waals surface area contributed by atoms with Gasteiger partial charge < -0.3 is 19.7 Å². The Morgan fingerprint density at radius 2 is 1.94 bits per heavy atom. The Bertz CT molecular complexity index is 1180. The monoisotopic (exact) mass is 466 g/mol. The maximum absolute atomic E-state index is 13.6. The highest BCUT2D eigenvalue weighted by atomic mass is 19.1. The number of esters is 1. The van der Waals surface area contributed by atoms with Gasteiger partial charge in [0, 0.05) is 42.7 Å². The number of hydrogen-bond donors (Lipinski definition) is 1. The van der Waals surface area contributed by atoms with Crippen molar-refractivity contribution in [1.82, 2.24) is 9.97 Å². The van der Waals surface area contributed by atoms with Gasteiger partial charge in [-0.1, -0.05) is 18.2 Å². The molecule has 34 heavy (non-hydrogen) atoms. The molecule has 0 atom stereocenters. The quantitative estimate of drug-likeness (QED) is 0.404. The SMILES string of the molecule is CCOC(=O)/C=C/c1cccc(-c2cnc(Nc3cc(F)cc(F)c3)nc2N2CCOCC2)c1. The molecule has 1 N–H and O–H groups in total. The van der Waals surface area contributed by atoms with E-state index in [1.807, 2.05) is 24.3 Å². The molecule has 1 aliphatic heterocycles. The van der Waals surface area contributed by atoms with Crippen LogP contribution in [0.25, 0.3) is 17.2 Å². The van der Waals surface area contributed by atoms with Gasteiger partial charge in [0.25, 0.3) is 0 Å². The van der Waals surface area contributed by atoms with E-state index in [1.165, 1.54) is 18.2 Å². The van der Waals surface area contributed by atoms with Gasteiger partial charge in [-0.15, -0.1) is 0 Å². The number of nitrogens with zero attached hydrogens (tertiary/aromatic N) is 3. The first-order chi connectivity index (χ1) is 16.5. The van der Waals surface area contributed by atoms with Crippen molar-refractivity contribution in [2.45, 2.75) is 6.92 Å². The van der Waals surface area contributed by atoms with Crippen molar-refractivity contribution in [2.24, 2.45) is 0 Å². The van der Waals surface area contributed by atoms with Crippen LogP contribution in [0.4, 0.5) is 26.2 Å². The molecule has 1 aliphatic rings. The fourth-order valence-corrected chi connectivity index (χ4v) is 3.57. The summed E-state index contributed by atoms with van der Waals surface area (Å²) in [7, 11) is 0. The van der Waals surface area contributed by atoms with Crippen LogP contribution in [0.1, 0.15) is 12.5 Å². The molecule has 3 aromatic rings. The number of aromatic nitrogens is 2. The molecule has 0 spiro atoms. The average Bonchev–Trinajstić information content (AvgIpc) is 2.83. The first-order valence-electron chi connectivity index (χ1n) is 10.9. The van der Waals surface area contributed by atoms with Crippen LogP contribution < -0.4 is 10.2 Å². The Balaban J connectivity index is 1.68. The first-order valence-corrected chi connectivity index (χ1v) is 10.9. The number of carbonyl (C=O) groups excluding carboxylic acids is 1. The molecule has 2 heterocycles. The smallest absolute Gasteiger partial charge is 0.330 e. The van der Waals surface area contributed by atoms with Gasteiger partial charge in [-0.2, -0.15) is 4.98 Å². The van der Waals surface area contributed by atoms with Crippen LogP contribution in [-0.4, -0.2) is 48.8 Å². The van der Waals surface area contributed by atoms with E-state index >= 15 is 0 Å². The second-order valence-electron chi connectivity index (χ2n) is 7.52. The van der Waals surface area contributed by atoms with E-state index in [2.05, 4.69) is 20.2 Å². The van der Waals surface area contributed by atoms with Gasteiger partial charge >= 0.3 is 5.97 Å². The summed E-state index contributed by atoms with van der Waals surface area (Å²) in [5.41, 5.74) is 2.67. The zero-order valence-electron chi connectivity index (χ0n) is 18.6. The van der Waals surface area contributed by atoms with Crippen LogP contribution in [0.3, 0.4) is 0 Å². The molecule has 1 saturated heterocycles. The highest BCUT2D eigenvalue weighted by Crippen LogP contribution is 2.31. The lowest BCUT2D eigenvalue weighted by molar-refractivity contribution is -0.137. The molecule has 9 heteroatoms. The molecule has 0 unspecified atom stereocenters. The van der Waals surface area contributed by atoms with Gasteiger partial charge in [-0.05, 0) is 42.3 Å². The lowest BCUT2D eigenvalue weighted by Crippen LogP contribution is -2.37. The zero-order chi connectivity index (χ0) is 23.9. The van der Waals surface area contributed by atoms with E-state index in [1.54, 1.807) is 19.2 Å². The van der Waals surface area contributed by atoms with E-state index < -0.39 is 17.6 Å². The summed E-state index contributed by atoms with van der Waals surface area (Å²) >= 11 is 0. The molecule has 1 aromatic heterocycles. The summed E-state index contributed by atoms with van der Waals surface area (Å²) < 4.78 is 37.6. The third kappa shape index (κ3) is 5.93. The van der Waals surface area contributed by atoms with Crippen LogP contribution in [0.5, 0.6) is 0 Å². The Kier molecular flexibility index (Phi) is 7.44. The molecule has 4 rings (SSSR count). The van der Waals surface area contributed by atoms with Gasteiger partial charge in [0.2, 0.25) is 5.95 Å². The third-order valence-electron chi connectivity index (χ3n) is 5.09. The number of halogens is 2. The minimum atomic E-state index is -0.694. The molecule has 2 aromatic carbocycles. The summed E-state index contributed by atoms with van der Waals surface area (Å²) in [6.45, 7) is 4.46. The maximum Gasteiger partial charge on any atom is 0.330 e. The van der Waals surface area contributed by atoms with Crippen molar-refractivity contribution in [3.63, 3.8) is 0 Å². The number of benzene rings is 2. The second-order valence-corrected chi connectivity index (χ2v) is 7.52. The first kappa shape index (κ1) is 23.3. The van der Waals surface area contributed by atoms with E-state index in [9.17, 15) is 13.6 Å². The number of morpholine rings is 1. The Morgan fingerprint density at radius 3 is 2.68 bits per heavy atom. The van der Waals surface area contributed by atoms with Crippen molar-refractivity contribution in [3.8, 4) is 11.1 Å². The predicted octanol–water partition coefficient (Wildman–Crippen LogP) is 4.58. The fourth-order valence-electron chi connectivity index (χ4n) is 3.57. The predicted molar refractivity (Wildman–Crippen MR) is 126 cm³/mol. The van der Waals surface area contributed by atoms with Crippen LogP contribution in [0, 0.1) is 11.6 Å². The van der Waals surface area contributed by atoms with E-state index in [0.29, 0.717) is 38.7 Å². The summed E-state index contributed by atoms with van der Waals surface area (Å²) in [5, 5.41) is 2.88. The number of nitrogens with one attached hydrogen (secondary N) is 1. The normalized spacial score (nSPS) is 13.8. The van der Waals surface area contributed by atoms with Crippen molar-refractivity contribution >= 4 is 29.5 Å². The lowest BCUT2D eigenvalue weighted by atomic mass is 10.0. The van der Waals surface area contributed by atoms with Gasteiger partial charge in [-0.3, -0.25) is 0 Å². The molecular formula is C25H24F2N4O3. The topological polar surface area (TPSA) is 76.6 Å². The van der Waals surface area contributed by atoms with Crippen LogP contribution in [0.2, 0.25) is 0 Å². The standard InChI is InChI=1S/C25H24F2N4O3/c1-2-34-23(32)7-6-17-4-3-5-18(12-17)22-16-28-25(29-21-14-19(26)13-20(27)15-21)30-24(22)31-8-10-33-11-9-31/h3-7,12-16H,2,8-11H2,1H3,(H,28,29,30)/b7-6+. The summed E-state index contributed by atoms with van der Waals surface area (Å²) in [5.74, 6) is -0.910. The highest BCUT2D eigenvalue weighted by molar-refractivity contribution is 5.87. The van der Waals surface area contributed by atoms with Crippen molar-refractivity contribution in [1.29, 1.82) is 0 Å². The van der Waals surface area contributed by atoms with Gasteiger partial charge in [-0.25, -0.2) is 18.6 Å². The molecular weight excluding hydrogens is 442 g/mol. The lowest BCUT2D eigenvalue weighted by Gasteiger charge is -2.29. The van der Waals surface area contributed by atoms with Crippen LogP contribution >= 0.6 is 0 Å². The van der Waals surface area contributed by atoms with Crippen molar-refractivity contribution < 1.29 is 23.0 Å². The zero-order valence-corrected chi connectivity index (χ0v) is 18.6. The van der Waals surface area contributed by atoms with Crippen LogP contribution in [0.15, 0.2) is 54.7 Å². The largest absolute Gasteiger partial charge is 0.463 e. The van der Waals surface area contributed by atoms with Gasteiger partial charge in [0.1, 0.15) is 17.5 Å². The molecule has 0 amide bonds. The summed E-state index contributed by atoms with van der Waals surface area (Å²) in [6.07, 6.45) is 4.74. The van der Waals surface area contributed by atoms with Crippen LogP contribution in [-0.2, 0) is 14.3 Å². The molecule has 176 valence electrons. The van der Waals surface area contributed by atoms with Crippen molar-refractivity contribution in [3.05, 3.63) is 71.9 Å². The fraction of sp³-hybridized carbons (Fsp3) is 0.240. The van der Waals surface area contributed by atoms with Gasteiger partial charge in [0.05, 0.1) is 19.8 Å². The molecule has 0 bridgehead atoms. The number of hydrogen-bond acceptors (Lipinski definition) is 7. The minimum absolute atomic E-state index is 0.212. The third-order valence-corrected chi connectivity index (χ3v) is 5.09. The molecule has 1 fully saturated rings. The Hall–Kier alpha value is -3.85. The average molecular weight is 466 g/mol. The molecule has 0 saturated carbocycles. The van der Waals surface area contributed by atoms with Gasteiger partial charge in [0.15, 0.2) is 0 Å². The van der Waals surface area contributed by atoms with E-state index in [-0.39, 0.29) is 11.6 Å². The number of anilines is 3. The Morgan fingerprint density at radius 1 is 1.18 bits per heavy atom. The summed E-state index contributed by atoms with van der Waals surface area (Å²) in [4.78, 5) is 22.8. The second kappa shape index (κ2) is 10.8. The number of ether oxygens (including phenoxy) is 2. The highest BCUT2D eigenvalue weighted by Gasteiger charge is 2.19. The maximum atomic E-state index is 13.6. The van der Waals surface area contributed by atoms with E-state index in [4.69, 9.17) is 9.47 Å². The Labute approximate surface area is 196 Å².